The van der Waals surface area contributed by atoms with Crippen LogP contribution in [0.1, 0.15) is 15.2 Å². The summed E-state index contributed by atoms with van der Waals surface area (Å²) < 4.78 is 26.6. The van der Waals surface area contributed by atoms with Gasteiger partial charge in [-0.05, 0) is 24.3 Å². The molecule has 0 aliphatic heterocycles. The molecular formula is C12H8N2O4S2. The Morgan fingerprint density at radius 1 is 1.25 bits per heavy atom. The molecule has 1 aromatic heterocycles. The first-order valence-corrected chi connectivity index (χ1v) is 7.59. The zero-order valence-electron chi connectivity index (χ0n) is 9.90. The highest BCUT2D eigenvalue weighted by Crippen LogP contribution is 2.25. The van der Waals surface area contributed by atoms with E-state index < -0.39 is 16.0 Å². The largest absolute Gasteiger partial charge is 0.477 e. The van der Waals surface area contributed by atoms with Gasteiger partial charge in [-0.25, -0.2) is 13.2 Å². The maximum absolute atomic E-state index is 12.2. The van der Waals surface area contributed by atoms with Crippen molar-refractivity contribution < 1.29 is 18.3 Å². The highest BCUT2D eigenvalue weighted by molar-refractivity contribution is 7.93. The molecule has 6 nitrogen and oxygen atoms in total. The van der Waals surface area contributed by atoms with Gasteiger partial charge in [-0.15, -0.1) is 11.3 Å². The zero-order valence-corrected chi connectivity index (χ0v) is 11.5. The lowest BCUT2D eigenvalue weighted by Crippen LogP contribution is -2.13. The molecule has 102 valence electrons. The summed E-state index contributed by atoms with van der Waals surface area (Å²) in [5.41, 5.74) is 0.0232. The summed E-state index contributed by atoms with van der Waals surface area (Å²) in [6.07, 6.45) is 0. The summed E-state index contributed by atoms with van der Waals surface area (Å²) in [6, 6.07) is 10.2. The minimum Gasteiger partial charge on any atom is -0.477 e. The molecule has 0 aliphatic carbocycles. The summed E-state index contributed by atoms with van der Waals surface area (Å²) in [5, 5.41) is 17.9. The van der Waals surface area contributed by atoms with E-state index >= 15 is 0 Å². The van der Waals surface area contributed by atoms with Crippen LogP contribution in [0.2, 0.25) is 0 Å². The van der Waals surface area contributed by atoms with Crippen LogP contribution in [0.15, 0.2) is 41.3 Å². The van der Waals surface area contributed by atoms with Gasteiger partial charge in [-0.2, -0.15) is 5.26 Å². The molecule has 0 atom stereocenters. The molecule has 0 saturated carbocycles. The summed E-state index contributed by atoms with van der Waals surface area (Å²) in [6.45, 7) is 0. The van der Waals surface area contributed by atoms with Crippen molar-refractivity contribution in [1.82, 2.24) is 0 Å². The Bertz CT molecular complexity index is 803. The van der Waals surface area contributed by atoms with E-state index in [1.807, 2.05) is 0 Å². The molecule has 0 aliphatic rings. The first-order valence-electron chi connectivity index (χ1n) is 5.29. The summed E-state index contributed by atoms with van der Waals surface area (Å²) in [4.78, 5) is 10.6. The second kappa shape index (κ2) is 5.32. The molecule has 0 saturated heterocycles. The number of nitriles is 1. The van der Waals surface area contributed by atoms with Crippen LogP contribution >= 0.6 is 11.3 Å². The monoisotopic (exact) mass is 308 g/mol. The fourth-order valence-electron chi connectivity index (χ4n) is 1.49. The van der Waals surface area contributed by atoms with Crippen LogP contribution in [0.25, 0.3) is 0 Å². The van der Waals surface area contributed by atoms with Crippen LogP contribution in [0.5, 0.6) is 0 Å². The Morgan fingerprint density at radius 2 is 1.95 bits per heavy atom. The Kier molecular flexibility index (Phi) is 3.74. The molecule has 0 fully saturated rings. The minimum absolute atomic E-state index is 0.0232. The van der Waals surface area contributed by atoms with Crippen molar-refractivity contribution in [3.63, 3.8) is 0 Å². The topological polar surface area (TPSA) is 107 Å². The Labute approximate surface area is 119 Å². The normalized spacial score (nSPS) is 10.8. The van der Waals surface area contributed by atoms with Gasteiger partial charge in [0.05, 0.1) is 5.56 Å². The van der Waals surface area contributed by atoms with Crippen LogP contribution in [0, 0.1) is 11.3 Å². The molecule has 1 heterocycles. The van der Waals surface area contributed by atoms with E-state index in [0.29, 0.717) is 0 Å². The van der Waals surface area contributed by atoms with Crippen molar-refractivity contribution in [2.45, 2.75) is 4.90 Å². The third-order valence-corrected chi connectivity index (χ3v) is 4.89. The molecule has 0 unspecified atom stereocenters. The maximum atomic E-state index is 12.2. The summed E-state index contributed by atoms with van der Waals surface area (Å²) in [5.74, 6) is -1.13. The van der Waals surface area contributed by atoms with Gasteiger partial charge in [0.25, 0.3) is 10.0 Å². The first-order chi connectivity index (χ1) is 9.44. The SMILES string of the molecule is N#Cc1ccccc1S(=O)(=O)Nc1ccc(C(=O)O)s1. The predicted molar refractivity (Wildman–Crippen MR) is 73.2 cm³/mol. The number of sulfonamides is 1. The molecule has 0 spiro atoms. The molecule has 2 rings (SSSR count). The minimum atomic E-state index is -3.92. The van der Waals surface area contributed by atoms with Gasteiger partial charge in [-0.3, -0.25) is 4.72 Å². The Hall–Kier alpha value is -2.37. The van der Waals surface area contributed by atoms with Gasteiger partial charge in [-0.1, -0.05) is 12.1 Å². The van der Waals surface area contributed by atoms with Crippen molar-refractivity contribution in [1.29, 1.82) is 5.26 Å². The van der Waals surface area contributed by atoms with E-state index in [-0.39, 0.29) is 20.3 Å². The van der Waals surface area contributed by atoms with E-state index in [2.05, 4.69) is 4.72 Å². The van der Waals surface area contributed by atoms with Crippen molar-refractivity contribution in [2.24, 2.45) is 0 Å². The van der Waals surface area contributed by atoms with Crippen molar-refractivity contribution >= 4 is 32.3 Å². The second-order valence-electron chi connectivity index (χ2n) is 3.68. The van der Waals surface area contributed by atoms with E-state index in [0.717, 1.165) is 11.3 Å². The fourth-order valence-corrected chi connectivity index (χ4v) is 3.68. The average Bonchev–Trinajstić information content (AvgIpc) is 2.86. The van der Waals surface area contributed by atoms with Crippen molar-refractivity contribution in [3.05, 3.63) is 46.8 Å². The zero-order chi connectivity index (χ0) is 14.8. The van der Waals surface area contributed by atoms with E-state index in [1.54, 1.807) is 12.1 Å². The number of nitrogens with one attached hydrogen (secondary N) is 1. The highest BCUT2D eigenvalue weighted by Gasteiger charge is 2.19. The number of rotatable bonds is 4. The molecule has 8 heteroatoms. The lowest BCUT2D eigenvalue weighted by atomic mass is 10.2. The van der Waals surface area contributed by atoms with Gasteiger partial charge in [0, 0.05) is 0 Å². The average molecular weight is 308 g/mol. The molecule has 2 aromatic rings. The third-order valence-electron chi connectivity index (χ3n) is 2.35. The number of aromatic carboxylic acids is 1. The second-order valence-corrected chi connectivity index (χ2v) is 6.42. The number of hydrogen-bond acceptors (Lipinski definition) is 5. The van der Waals surface area contributed by atoms with Crippen LogP contribution < -0.4 is 4.72 Å². The van der Waals surface area contributed by atoms with Crippen LogP contribution in [0.3, 0.4) is 0 Å². The molecule has 0 bridgehead atoms. The number of anilines is 1. The lowest BCUT2D eigenvalue weighted by molar-refractivity contribution is 0.0702. The van der Waals surface area contributed by atoms with Crippen molar-refractivity contribution in [2.75, 3.05) is 4.72 Å². The van der Waals surface area contributed by atoms with Gasteiger partial charge in [0.15, 0.2) is 0 Å². The van der Waals surface area contributed by atoms with E-state index in [4.69, 9.17) is 10.4 Å². The molecule has 20 heavy (non-hydrogen) atoms. The lowest BCUT2D eigenvalue weighted by Gasteiger charge is -2.06. The number of benzene rings is 1. The molecule has 1 aromatic carbocycles. The first kappa shape index (κ1) is 14.0. The van der Waals surface area contributed by atoms with Crippen LogP contribution in [-0.2, 0) is 10.0 Å². The van der Waals surface area contributed by atoms with Crippen LogP contribution in [-0.4, -0.2) is 19.5 Å². The smallest absolute Gasteiger partial charge is 0.345 e. The number of carbonyl (C=O) groups is 1. The van der Waals surface area contributed by atoms with E-state index in [1.165, 1.54) is 30.3 Å². The number of hydrogen-bond donors (Lipinski definition) is 2. The number of carboxylic acids is 1. The maximum Gasteiger partial charge on any atom is 0.345 e. The predicted octanol–water partition coefficient (Wildman–Crippen LogP) is 2.12. The molecule has 2 N–H and O–H groups in total. The number of thiophene rings is 1. The third kappa shape index (κ3) is 2.79. The van der Waals surface area contributed by atoms with Gasteiger partial charge >= 0.3 is 5.97 Å². The Balaban J connectivity index is 2.36. The van der Waals surface area contributed by atoms with E-state index in [9.17, 15) is 13.2 Å². The van der Waals surface area contributed by atoms with Gasteiger partial charge < -0.3 is 5.11 Å². The quantitative estimate of drug-likeness (QED) is 0.899. The standard InChI is InChI=1S/C12H8N2O4S2/c13-7-8-3-1-2-4-10(8)20(17,18)14-11-6-5-9(19-11)12(15)16/h1-6,14H,(H,15,16). The van der Waals surface area contributed by atoms with Gasteiger partial charge in [0.1, 0.15) is 20.8 Å². The molecule has 0 radical (unpaired) electrons. The molecule has 0 amide bonds. The van der Waals surface area contributed by atoms with Crippen molar-refractivity contribution in [3.8, 4) is 6.07 Å². The Morgan fingerprint density at radius 3 is 2.55 bits per heavy atom. The highest BCUT2D eigenvalue weighted by atomic mass is 32.2. The number of carboxylic acid groups (broad SMARTS) is 1. The number of nitrogens with zero attached hydrogens (tertiary/aromatic N) is 1. The fraction of sp³-hybridized carbons (Fsp3) is 0. The van der Waals surface area contributed by atoms with Gasteiger partial charge in [0.2, 0.25) is 0 Å². The molecular weight excluding hydrogens is 300 g/mol. The summed E-state index contributed by atoms with van der Waals surface area (Å²) in [7, 11) is -3.92. The van der Waals surface area contributed by atoms with Crippen LogP contribution in [0.4, 0.5) is 5.00 Å². The summed E-state index contributed by atoms with van der Waals surface area (Å²) >= 11 is 0.803.